The van der Waals surface area contributed by atoms with Gasteiger partial charge in [-0.3, -0.25) is 0 Å². The van der Waals surface area contributed by atoms with Crippen LogP contribution in [0.2, 0.25) is 0 Å². The molecule has 3 aromatic rings. The van der Waals surface area contributed by atoms with Crippen LogP contribution in [0.5, 0.6) is 5.75 Å². The largest absolute Gasteiger partial charge is 0.483 e. The third-order valence-corrected chi connectivity index (χ3v) is 7.58. The summed E-state index contributed by atoms with van der Waals surface area (Å²) in [6.07, 6.45) is 2.68. The first kappa shape index (κ1) is 25.7. The maximum absolute atomic E-state index is 14.6. The quantitative estimate of drug-likeness (QED) is 0.421. The minimum atomic E-state index is -0.605. The van der Waals surface area contributed by atoms with E-state index in [-0.39, 0.29) is 30.4 Å². The fourth-order valence-corrected chi connectivity index (χ4v) is 5.39. The molecule has 0 saturated carbocycles. The Bertz CT molecular complexity index is 1460. The molecule has 5 rings (SSSR count). The van der Waals surface area contributed by atoms with Crippen LogP contribution in [0.1, 0.15) is 41.9 Å². The lowest BCUT2D eigenvalue weighted by Crippen LogP contribution is -2.58. The number of nitrogens with zero attached hydrogens (tertiary/aromatic N) is 7. The van der Waals surface area contributed by atoms with Crippen molar-refractivity contribution in [3.8, 4) is 17.6 Å². The highest BCUT2D eigenvalue weighted by molar-refractivity contribution is 7.99. The van der Waals surface area contributed by atoms with Crippen molar-refractivity contribution in [1.82, 2.24) is 24.7 Å². The van der Waals surface area contributed by atoms with Gasteiger partial charge in [0.2, 0.25) is 0 Å². The summed E-state index contributed by atoms with van der Waals surface area (Å²) in [6, 6.07) is 6.56. The number of urea groups is 1. The van der Waals surface area contributed by atoms with E-state index in [0.29, 0.717) is 17.8 Å². The van der Waals surface area contributed by atoms with E-state index in [0.717, 1.165) is 34.3 Å². The molecule has 2 amide bonds. The molecule has 2 aromatic heterocycles. The van der Waals surface area contributed by atoms with Gasteiger partial charge in [0.1, 0.15) is 11.9 Å². The molecule has 1 unspecified atom stereocenters. The summed E-state index contributed by atoms with van der Waals surface area (Å²) in [6.45, 7) is 6.40. The van der Waals surface area contributed by atoms with Crippen molar-refractivity contribution in [3.63, 3.8) is 0 Å². The SMILES string of the molecule is CCSc1c(C)nn(-c2cc(OC3CN(C(=O)N4N=CCC4c4cc(F)cc(C#N)c4)C3)c(F)cn2)c1C. The van der Waals surface area contributed by atoms with Crippen molar-refractivity contribution < 1.29 is 18.3 Å². The number of halogens is 2. The molecular weight excluding hydrogens is 512 g/mol. The lowest BCUT2D eigenvalue weighted by atomic mass is 10.0. The van der Waals surface area contributed by atoms with Gasteiger partial charge < -0.3 is 9.64 Å². The topological polar surface area (TPSA) is 99.6 Å². The predicted octanol–water partition coefficient (Wildman–Crippen LogP) is 4.76. The smallest absolute Gasteiger partial charge is 0.341 e. The zero-order valence-corrected chi connectivity index (χ0v) is 21.9. The summed E-state index contributed by atoms with van der Waals surface area (Å²) in [5, 5.41) is 19.2. The molecular formula is C26H25F2N7O2S. The molecule has 2 aliphatic heterocycles. The van der Waals surface area contributed by atoms with Crippen molar-refractivity contribution in [2.75, 3.05) is 18.8 Å². The van der Waals surface area contributed by atoms with Gasteiger partial charge in [0.05, 0.1) is 53.2 Å². The lowest BCUT2D eigenvalue weighted by molar-refractivity contribution is 0.0256. The molecule has 1 fully saturated rings. The number of hydrogen-bond acceptors (Lipinski definition) is 7. The second-order valence-corrected chi connectivity index (χ2v) is 10.3. The van der Waals surface area contributed by atoms with Gasteiger partial charge in [-0.1, -0.05) is 6.92 Å². The Hall–Kier alpha value is -3.98. The van der Waals surface area contributed by atoms with Crippen LogP contribution >= 0.6 is 11.8 Å². The number of ether oxygens (including phenoxy) is 1. The zero-order valence-electron chi connectivity index (χ0n) is 21.1. The highest BCUT2D eigenvalue weighted by Gasteiger charge is 2.39. The lowest BCUT2D eigenvalue weighted by Gasteiger charge is -2.41. The van der Waals surface area contributed by atoms with Crippen molar-refractivity contribution in [3.05, 3.63) is 64.6 Å². The third kappa shape index (κ3) is 4.81. The van der Waals surface area contributed by atoms with Crippen molar-refractivity contribution in [2.45, 2.75) is 44.2 Å². The van der Waals surface area contributed by atoms with Gasteiger partial charge in [-0.2, -0.15) is 15.5 Å². The number of amides is 2. The van der Waals surface area contributed by atoms with Gasteiger partial charge >= 0.3 is 6.03 Å². The number of carbonyl (C=O) groups is 1. The summed E-state index contributed by atoms with van der Waals surface area (Å²) < 4.78 is 36.1. The van der Waals surface area contributed by atoms with Gasteiger partial charge in [-0.05, 0) is 43.4 Å². The van der Waals surface area contributed by atoms with Crippen LogP contribution in [0.25, 0.3) is 5.82 Å². The number of aromatic nitrogens is 3. The maximum atomic E-state index is 14.6. The summed E-state index contributed by atoms with van der Waals surface area (Å²) >= 11 is 1.69. The van der Waals surface area contributed by atoms with E-state index in [1.807, 2.05) is 19.9 Å². The van der Waals surface area contributed by atoms with E-state index in [4.69, 9.17) is 10.00 Å². The Morgan fingerprint density at radius 3 is 2.76 bits per heavy atom. The molecule has 9 nitrogen and oxygen atoms in total. The van der Waals surface area contributed by atoms with E-state index in [9.17, 15) is 13.6 Å². The molecule has 0 bridgehead atoms. The van der Waals surface area contributed by atoms with Crippen molar-refractivity contribution in [2.24, 2.45) is 5.10 Å². The number of likely N-dealkylation sites (tertiary alicyclic amines) is 1. The number of hydrazone groups is 1. The van der Waals surface area contributed by atoms with Crippen molar-refractivity contribution >= 4 is 24.0 Å². The first-order chi connectivity index (χ1) is 18.3. The minimum Gasteiger partial charge on any atom is -0.483 e. The maximum Gasteiger partial charge on any atom is 0.341 e. The van der Waals surface area contributed by atoms with E-state index < -0.39 is 23.8 Å². The molecule has 0 spiro atoms. The van der Waals surface area contributed by atoms with Crippen LogP contribution in [-0.2, 0) is 0 Å². The Morgan fingerprint density at radius 2 is 2.03 bits per heavy atom. The molecule has 0 N–H and O–H groups in total. The number of pyridine rings is 1. The average Bonchev–Trinajstić information content (AvgIpc) is 3.47. The minimum absolute atomic E-state index is 0.0326. The standard InChI is InChI=1S/C26H25F2N7O2S/c1-4-38-25-15(2)32-34(16(25)3)24-10-23(21(28)12-30-24)37-20-13-33(14-20)26(36)35-22(5-6-31-35)18-7-17(11-29)8-19(27)9-18/h6-10,12,20,22H,4-5,13-14H2,1-3H3. The highest BCUT2D eigenvalue weighted by Crippen LogP contribution is 2.33. The molecule has 38 heavy (non-hydrogen) atoms. The first-order valence-electron chi connectivity index (χ1n) is 12.1. The Labute approximate surface area is 222 Å². The molecule has 1 saturated heterocycles. The van der Waals surface area contributed by atoms with Crippen LogP contribution in [0, 0.1) is 36.8 Å². The average molecular weight is 538 g/mol. The molecule has 1 aromatic carbocycles. The van der Waals surface area contributed by atoms with E-state index in [1.165, 1.54) is 22.0 Å². The summed E-state index contributed by atoms with van der Waals surface area (Å²) in [4.78, 5) is 19.9. The van der Waals surface area contributed by atoms with Gasteiger partial charge in [0.25, 0.3) is 0 Å². The van der Waals surface area contributed by atoms with Crippen molar-refractivity contribution in [1.29, 1.82) is 5.26 Å². The molecule has 12 heteroatoms. The Morgan fingerprint density at radius 1 is 1.24 bits per heavy atom. The Balaban J connectivity index is 1.25. The van der Waals surface area contributed by atoms with Crippen LogP contribution in [0.4, 0.5) is 13.6 Å². The highest BCUT2D eigenvalue weighted by atomic mass is 32.2. The van der Waals surface area contributed by atoms with Crippen LogP contribution in [-0.4, -0.2) is 61.9 Å². The fraction of sp³-hybridized carbons (Fsp3) is 0.346. The molecule has 4 heterocycles. The monoisotopic (exact) mass is 537 g/mol. The third-order valence-electron chi connectivity index (χ3n) is 6.41. The van der Waals surface area contributed by atoms with Gasteiger partial charge in [-0.15, -0.1) is 11.8 Å². The number of hydrogen-bond donors (Lipinski definition) is 0. The predicted molar refractivity (Wildman–Crippen MR) is 137 cm³/mol. The fourth-order valence-electron chi connectivity index (χ4n) is 4.56. The van der Waals surface area contributed by atoms with E-state index >= 15 is 0 Å². The first-order valence-corrected chi connectivity index (χ1v) is 13.1. The van der Waals surface area contributed by atoms with Crippen LogP contribution in [0.3, 0.4) is 0 Å². The number of nitriles is 1. The van der Waals surface area contributed by atoms with E-state index in [2.05, 4.69) is 22.1 Å². The van der Waals surface area contributed by atoms with Crippen LogP contribution in [0.15, 0.2) is 40.5 Å². The number of thioether (sulfide) groups is 1. The summed E-state index contributed by atoms with van der Waals surface area (Å²) in [5.74, 6) is 0.230. The normalized spacial score (nSPS) is 17.0. The van der Waals surface area contributed by atoms with Gasteiger partial charge in [0, 0.05) is 18.7 Å². The summed E-state index contributed by atoms with van der Waals surface area (Å²) in [7, 11) is 0. The molecule has 0 radical (unpaired) electrons. The Kier molecular flexibility index (Phi) is 7.03. The number of rotatable bonds is 6. The van der Waals surface area contributed by atoms with Crippen LogP contribution < -0.4 is 4.74 Å². The molecule has 1 atom stereocenters. The second-order valence-electron chi connectivity index (χ2n) is 9.02. The summed E-state index contributed by atoms with van der Waals surface area (Å²) in [5.41, 5.74) is 2.47. The van der Waals surface area contributed by atoms with E-state index in [1.54, 1.807) is 28.7 Å². The van der Waals surface area contributed by atoms with Gasteiger partial charge in [-0.25, -0.2) is 28.3 Å². The zero-order chi connectivity index (χ0) is 27.0. The molecule has 0 aliphatic carbocycles. The molecule has 2 aliphatic rings. The van der Waals surface area contributed by atoms with Gasteiger partial charge in [0.15, 0.2) is 17.4 Å². The second kappa shape index (κ2) is 10.4. The molecule has 196 valence electrons. The number of aryl methyl sites for hydroxylation is 1. The number of benzene rings is 1. The number of carbonyl (C=O) groups excluding carboxylic acids is 1.